The van der Waals surface area contributed by atoms with Gasteiger partial charge in [0, 0.05) is 12.1 Å². The molecule has 0 aromatic heterocycles. The maximum Gasteiger partial charge on any atom is 0.289 e. The van der Waals surface area contributed by atoms with Gasteiger partial charge >= 0.3 is 0 Å². The number of rotatable bonds is 4. The quantitative estimate of drug-likeness (QED) is 0.470. The highest BCUT2D eigenvalue weighted by atomic mass is 35.5. The molecule has 0 atom stereocenters. The van der Waals surface area contributed by atoms with Crippen LogP contribution in [0.25, 0.3) is 0 Å². The Kier molecular flexibility index (Phi) is 4.15. The van der Waals surface area contributed by atoms with Crippen LogP contribution in [-0.4, -0.2) is 11.5 Å². The monoisotopic (exact) mass is 261 g/mol. The molecule has 0 amide bonds. The van der Waals surface area contributed by atoms with E-state index in [2.05, 4.69) is 6.58 Å². The Morgan fingerprint density at radius 2 is 2.12 bits per heavy atom. The van der Waals surface area contributed by atoms with Gasteiger partial charge in [0.05, 0.1) is 9.95 Å². The Morgan fingerprint density at radius 3 is 2.62 bits per heavy atom. The molecule has 0 saturated heterocycles. The number of halogens is 2. The molecule has 0 aliphatic heterocycles. The molecule has 0 aliphatic carbocycles. The van der Waals surface area contributed by atoms with Gasteiger partial charge in [0.2, 0.25) is 0 Å². The van der Waals surface area contributed by atoms with Crippen LogP contribution in [0.3, 0.4) is 0 Å². The maximum atomic E-state index is 10.6. The average Bonchev–Trinajstić information content (AvgIpc) is 2.18. The van der Waals surface area contributed by atoms with Crippen molar-refractivity contribution in [2.45, 2.75) is 6.92 Å². The van der Waals surface area contributed by atoms with Gasteiger partial charge in [-0.1, -0.05) is 29.8 Å². The van der Waals surface area contributed by atoms with Gasteiger partial charge in [-0.05, 0) is 12.5 Å². The normalized spacial score (nSPS) is 9.94. The first-order valence-electron chi connectivity index (χ1n) is 4.32. The molecule has 1 aromatic rings. The summed E-state index contributed by atoms with van der Waals surface area (Å²) in [5, 5.41) is 10.7. The Balaban J connectivity index is 3.01. The highest BCUT2D eigenvalue weighted by molar-refractivity contribution is 6.35. The van der Waals surface area contributed by atoms with E-state index in [1.807, 2.05) is 0 Å². The van der Waals surface area contributed by atoms with E-state index in [1.54, 1.807) is 6.92 Å². The zero-order chi connectivity index (χ0) is 12.3. The second kappa shape index (κ2) is 5.18. The van der Waals surface area contributed by atoms with Crippen molar-refractivity contribution in [1.82, 2.24) is 0 Å². The summed E-state index contributed by atoms with van der Waals surface area (Å²) >= 11 is 11.5. The lowest BCUT2D eigenvalue weighted by molar-refractivity contribution is -0.384. The van der Waals surface area contributed by atoms with E-state index >= 15 is 0 Å². The summed E-state index contributed by atoms with van der Waals surface area (Å²) in [6.07, 6.45) is 0. The molecule has 0 aliphatic rings. The molecular formula is C10H9Cl2NO3. The van der Waals surface area contributed by atoms with Crippen LogP contribution in [0.5, 0.6) is 5.75 Å². The van der Waals surface area contributed by atoms with Crippen LogP contribution in [0.4, 0.5) is 5.69 Å². The lowest BCUT2D eigenvalue weighted by Crippen LogP contribution is -1.99. The van der Waals surface area contributed by atoms with Crippen LogP contribution in [0, 0.1) is 10.1 Å². The summed E-state index contributed by atoms with van der Waals surface area (Å²) in [5.41, 5.74) is 0.569. The minimum Gasteiger partial charge on any atom is -0.488 e. The van der Waals surface area contributed by atoms with Gasteiger partial charge in [-0.3, -0.25) is 10.1 Å². The number of benzene rings is 1. The van der Waals surface area contributed by atoms with E-state index in [-0.39, 0.29) is 22.3 Å². The fraction of sp³-hybridized carbons (Fsp3) is 0.200. The molecule has 0 radical (unpaired) electrons. The van der Waals surface area contributed by atoms with E-state index in [9.17, 15) is 10.1 Å². The summed E-state index contributed by atoms with van der Waals surface area (Å²) in [6.45, 7) is 5.74. The zero-order valence-electron chi connectivity index (χ0n) is 8.50. The van der Waals surface area contributed by atoms with Gasteiger partial charge in [-0.15, -0.1) is 0 Å². The lowest BCUT2D eigenvalue weighted by Gasteiger charge is -2.08. The molecule has 0 bridgehead atoms. The predicted octanol–water partition coefficient (Wildman–Crippen LogP) is 3.86. The van der Waals surface area contributed by atoms with E-state index < -0.39 is 4.92 Å². The number of hydrogen-bond donors (Lipinski definition) is 0. The molecule has 0 N–H and O–H groups in total. The molecule has 86 valence electrons. The molecule has 0 unspecified atom stereocenters. The average molecular weight is 262 g/mol. The molecule has 1 rings (SSSR count). The molecule has 0 heterocycles. The molecule has 4 nitrogen and oxygen atoms in total. The predicted molar refractivity (Wildman–Crippen MR) is 63.4 cm³/mol. The van der Waals surface area contributed by atoms with Crippen molar-refractivity contribution in [3.63, 3.8) is 0 Å². The number of hydrogen-bond acceptors (Lipinski definition) is 3. The SMILES string of the molecule is C=C(C)COc1cc(Cl)c([N+](=O)[O-])cc1Cl. The Morgan fingerprint density at radius 1 is 1.50 bits per heavy atom. The van der Waals surface area contributed by atoms with Gasteiger partial charge in [0.15, 0.2) is 0 Å². The minimum absolute atomic E-state index is 0.00823. The van der Waals surface area contributed by atoms with Crippen LogP contribution in [0.1, 0.15) is 6.92 Å². The first-order valence-corrected chi connectivity index (χ1v) is 5.08. The van der Waals surface area contributed by atoms with Crippen molar-refractivity contribution in [2.75, 3.05) is 6.61 Å². The topological polar surface area (TPSA) is 52.4 Å². The number of ether oxygens (including phenoxy) is 1. The van der Waals surface area contributed by atoms with Crippen LogP contribution < -0.4 is 4.74 Å². The number of nitro groups is 1. The van der Waals surface area contributed by atoms with Crippen molar-refractivity contribution in [2.24, 2.45) is 0 Å². The van der Waals surface area contributed by atoms with Gasteiger partial charge in [0.1, 0.15) is 17.4 Å². The van der Waals surface area contributed by atoms with Crippen LogP contribution in [-0.2, 0) is 0 Å². The fourth-order valence-electron chi connectivity index (χ4n) is 0.970. The van der Waals surface area contributed by atoms with Crippen molar-refractivity contribution in [1.29, 1.82) is 0 Å². The Labute approximate surface area is 103 Å². The van der Waals surface area contributed by atoms with Crippen molar-refractivity contribution in [3.8, 4) is 5.75 Å². The standard InChI is InChI=1S/C10H9Cl2NO3/c1-6(2)5-16-10-4-7(11)9(13(14)15)3-8(10)12/h3-4H,1,5H2,2H3. The van der Waals surface area contributed by atoms with Crippen LogP contribution >= 0.6 is 23.2 Å². The fourth-order valence-corrected chi connectivity index (χ4v) is 1.40. The first kappa shape index (κ1) is 12.8. The maximum absolute atomic E-state index is 10.6. The molecule has 0 spiro atoms. The summed E-state index contributed by atoms with van der Waals surface area (Å²) in [4.78, 5) is 9.96. The van der Waals surface area contributed by atoms with Gasteiger partial charge in [-0.2, -0.15) is 0 Å². The van der Waals surface area contributed by atoms with Crippen molar-refractivity contribution < 1.29 is 9.66 Å². The van der Waals surface area contributed by atoms with Gasteiger partial charge in [0.25, 0.3) is 5.69 Å². The molecule has 0 fully saturated rings. The van der Waals surface area contributed by atoms with Crippen molar-refractivity contribution in [3.05, 3.63) is 44.4 Å². The van der Waals surface area contributed by atoms with Crippen LogP contribution in [0.2, 0.25) is 10.0 Å². The van der Waals surface area contributed by atoms with E-state index in [0.29, 0.717) is 5.75 Å². The summed E-state index contributed by atoms with van der Waals surface area (Å²) in [5.74, 6) is 0.306. The van der Waals surface area contributed by atoms with E-state index in [0.717, 1.165) is 11.6 Å². The molecular weight excluding hydrogens is 253 g/mol. The highest BCUT2D eigenvalue weighted by Crippen LogP contribution is 2.35. The Bertz CT molecular complexity index is 446. The molecule has 0 saturated carbocycles. The smallest absolute Gasteiger partial charge is 0.289 e. The minimum atomic E-state index is -0.600. The summed E-state index contributed by atoms with van der Waals surface area (Å²) in [7, 11) is 0. The highest BCUT2D eigenvalue weighted by Gasteiger charge is 2.16. The zero-order valence-corrected chi connectivity index (χ0v) is 10.0. The van der Waals surface area contributed by atoms with Gasteiger partial charge < -0.3 is 4.74 Å². The van der Waals surface area contributed by atoms with Gasteiger partial charge in [-0.25, -0.2) is 0 Å². The second-order valence-electron chi connectivity index (χ2n) is 3.24. The third-order valence-electron chi connectivity index (χ3n) is 1.67. The third kappa shape index (κ3) is 3.12. The van der Waals surface area contributed by atoms with E-state index in [4.69, 9.17) is 27.9 Å². The molecule has 6 heteroatoms. The van der Waals surface area contributed by atoms with Crippen LogP contribution in [0.15, 0.2) is 24.3 Å². The number of nitro benzene ring substituents is 1. The molecule has 16 heavy (non-hydrogen) atoms. The summed E-state index contributed by atoms with van der Waals surface area (Å²) in [6, 6.07) is 2.49. The lowest BCUT2D eigenvalue weighted by atomic mass is 10.3. The Hall–Kier alpha value is -1.26. The number of nitrogens with zero attached hydrogens (tertiary/aromatic N) is 1. The second-order valence-corrected chi connectivity index (χ2v) is 4.05. The first-order chi connectivity index (χ1) is 7.41. The third-order valence-corrected chi connectivity index (χ3v) is 2.27. The largest absolute Gasteiger partial charge is 0.488 e. The van der Waals surface area contributed by atoms with E-state index in [1.165, 1.54) is 6.07 Å². The summed E-state index contributed by atoms with van der Waals surface area (Å²) < 4.78 is 5.28. The molecule has 1 aromatic carbocycles. The van der Waals surface area contributed by atoms with Crippen molar-refractivity contribution >= 4 is 28.9 Å².